The van der Waals surface area contributed by atoms with Crippen LogP contribution in [0.5, 0.6) is 0 Å². The summed E-state index contributed by atoms with van der Waals surface area (Å²) in [5.41, 5.74) is 7.02. The fraction of sp³-hybridized carbons (Fsp3) is 0.600. The van der Waals surface area contributed by atoms with Gasteiger partial charge in [-0.3, -0.25) is 0 Å². The minimum absolute atomic E-state index is 0. The summed E-state index contributed by atoms with van der Waals surface area (Å²) in [5, 5.41) is 0. The van der Waals surface area contributed by atoms with E-state index in [0.717, 1.165) is 38.5 Å². The van der Waals surface area contributed by atoms with Crippen LogP contribution in [0.1, 0.15) is 44.6 Å². The topological polar surface area (TPSA) is 72.2 Å². The zero-order valence-electron chi connectivity index (χ0n) is 12.4. The second-order valence-electron chi connectivity index (χ2n) is 5.63. The molecule has 21 heavy (non-hydrogen) atoms. The first-order chi connectivity index (χ1) is 9.51. The fourth-order valence-corrected chi connectivity index (χ4v) is 3.95. The maximum absolute atomic E-state index is 12.3. The Morgan fingerprint density at radius 1 is 1.14 bits per heavy atom. The van der Waals surface area contributed by atoms with Crippen LogP contribution in [0.15, 0.2) is 29.2 Å². The average Bonchev–Trinajstić information content (AvgIpc) is 2.42. The smallest absolute Gasteiger partial charge is 0.240 e. The lowest BCUT2D eigenvalue weighted by molar-refractivity contribution is 0.373. The first kappa shape index (κ1) is 18.4. The van der Waals surface area contributed by atoms with Crippen LogP contribution < -0.4 is 10.5 Å². The number of hydrogen-bond donors (Lipinski definition) is 2. The molecule has 0 atom stereocenters. The molecule has 1 aliphatic carbocycles. The normalized spacial score (nSPS) is 22.6. The highest BCUT2D eigenvalue weighted by Gasteiger charge is 2.24. The Hall–Kier alpha value is -0.620. The number of nitrogens with one attached hydrogen (secondary N) is 1. The van der Waals surface area contributed by atoms with Gasteiger partial charge < -0.3 is 5.73 Å². The van der Waals surface area contributed by atoms with E-state index in [1.165, 1.54) is 5.56 Å². The van der Waals surface area contributed by atoms with Crippen LogP contribution in [-0.2, 0) is 16.4 Å². The number of sulfonamides is 1. The molecule has 3 N–H and O–H groups in total. The quantitative estimate of drug-likeness (QED) is 0.870. The lowest BCUT2D eigenvalue weighted by Crippen LogP contribution is -2.40. The van der Waals surface area contributed by atoms with Gasteiger partial charge in [-0.2, -0.15) is 0 Å². The van der Waals surface area contributed by atoms with E-state index >= 15 is 0 Å². The van der Waals surface area contributed by atoms with E-state index in [1.807, 2.05) is 12.1 Å². The SMILES string of the molecule is CCCc1ccc(S(=O)(=O)NC2CCC(N)CC2)cc1.Cl. The minimum Gasteiger partial charge on any atom is -0.328 e. The summed E-state index contributed by atoms with van der Waals surface area (Å²) in [6.07, 6.45) is 5.48. The van der Waals surface area contributed by atoms with Crippen molar-refractivity contribution in [1.29, 1.82) is 0 Å². The summed E-state index contributed by atoms with van der Waals surface area (Å²) in [5.74, 6) is 0. The molecule has 0 spiro atoms. The van der Waals surface area contributed by atoms with Crippen LogP contribution in [0.25, 0.3) is 0 Å². The van der Waals surface area contributed by atoms with Gasteiger partial charge in [0.1, 0.15) is 0 Å². The van der Waals surface area contributed by atoms with E-state index in [4.69, 9.17) is 5.73 Å². The van der Waals surface area contributed by atoms with Gasteiger partial charge in [0.2, 0.25) is 10.0 Å². The van der Waals surface area contributed by atoms with Crippen molar-refractivity contribution >= 4 is 22.4 Å². The second-order valence-corrected chi connectivity index (χ2v) is 7.34. The molecule has 0 aromatic heterocycles. The molecule has 1 fully saturated rings. The van der Waals surface area contributed by atoms with Crippen molar-refractivity contribution in [2.75, 3.05) is 0 Å². The zero-order valence-corrected chi connectivity index (χ0v) is 14.1. The molecule has 120 valence electrons. The van der Waals surface area contributed by atoms with E-state index in [-0.39, 0.29) is 24.5 Å². The molecule has 1 aliphatic rings. The highest BCUT2D eigenvalue weighted by Crippen LogP contribution is 2.20. The van der Waals surface area contributed by atoms with Crippen molar-refractivity contribution < 1.29 is 8.42 Å². The largest absolute Gasteiger partial charge is 0.328 e. The van der Waals surface area contributed by atoms with Crippen LogP contribution in [0.4, 0.5) is 0 Å². The third kappa shape index (κ3) is 5.25. The Morgan fingerprint density at radius 2 is 1.71 bits per heavy atom. The highest BCUT2D eigenvalue weighted by atomic mass is 35.5. The maximum Gasteiger partial charge on any atom is 0.240 e. The Balaban J connectivity index is 0.00000220. The molecule has 6 heteroatoms. The van der Waals surface area contributed by atoms with Crippen molar-refractivity contribution in [3.8, 4) is 0 Å². The lowest BCUT2D eigenvalue weighted by atomic mass is 9.93. The Morgan fingerprint density at radius 3 is 2.24 bits per heavy atom. The van der Waals surface area contributed by atoms with Gasteiger partial charge in [-0.15, -0.1) is 12.4 Å². The highest BCUT2D eigenvalue weighted by molar-refractivity contribution is 7.89. The molecule has 1 saturated carbocycles. The molecule has 0 aliphatic heterocycles. The molecule has 4 nitrogen and oxygen atoms in total. The van der Waals surface area contributed by atoms with E-state index in [0.29, 0.717) is 4.90 Å². The van der Waals surface area contributed by atoms with Crippen molar-refractivity contribution in [2.45, 2.75) is 62.4 Å². The zero-order chi connectivity index (χ0) is 14.6. The van der Waals surface area contributed by atoms with E-state index < -0.39 is 10.0 Å². The van der Waals surface area contributed by atoms with E-state index in [2.05, 4.69) is 11.6 Å². The van der Waals surface area contributed by atoms with Crippen LogP contribution in [-0.4, -0.2) is 20.5 Å². The monoisotopic (exact) mass is 332 g/mol. The minimum atomic E-state index is -3.40. The number of nitrogens with two attached hydrogens (primary N) is 1. The van der Waals surface area contributed by atoms with Gasteiger partial charge in [0, 0.05) is 12.1 Å². The van der Waals surface area contributed by atoms with Gasteiger partial charge in [0.05, 0.1) is 4.90 Å². The average molecular weight is 333 g/mol. The summed E-state index contributed by atoms with van der Waals surface area (Å²) in [6.45, 7) is 2.11. The van der Waals surface area contributed by atoms with E-state index in [9.17, 15) is 8.42 Å². The van der Waals surface area contributed by atoms with E-state index in [1.54, 1.807) is 12.1 Å². The van der Waals surface area contributed by atoms with Crippen LogP contribution in [0, 0.1) is 0 Å². The molecule has 0 heterocycles. The third-order valence-electron chi connectivity index (χ3n) is 3.87. The molecule has 0 radical (unpaired) electrons. The van der Waals surface area contributed by atoms with Gasteiger partial charge in [0.25, 0.3) is 0 Å². The summed E-state index contributed by atoms with van der Waals surface area (Å²) in [4.78, 5) is 0.354. The molecular formula is C15H25ClN2O2S. The van der Waals surface area contributed by atoms with Crippen molar-refractivity contribution in [3.63, 3.8) is 0 Å². The number of benzene rings is 1. The van der Waals surface area contributed by atoms with Gasteiger partial charge in [0.15, 0.2) is 0 Å². The molecule has 0 amide bonds. The Labute approximate surface area is 134 Å². The predicted molar refractivity (Wildman–Crippen MR) is 88.2 cm³/mol. The van der Waals surface area contributed by atoms with Crippen molar-refractivity contribution in [2.24, 2.45) is 5.73 Å². The van der Waals surface area contributed by atoms with Crippen molar-refractivity contribution in [1.82, 2.24) is 4.72 Å². The first-order valence-electron chi connectivity index (χ1n) is 7.38. The molecular weight excluding hydrogens is 308 g/mol. The fourth-order valence-electron chi connectivity index (χ4n) is 2.65. The summed E-state index contributed by atoms with van der Waals surface area (Å²) >= 11 is 0. The first-order valence-corrected chi connectivity index (χ1v) is 8.86. The summed E-state index contributed by atoms with van der Waals surface area (Å²) in [6, 6.07) is 7.44. The van der Waals surface area contributed by atoms with Crippen LogP contribution in [0.3, 0.4) is 0 Å². The molecule has 1 aromatic rings. The van der Waals surface area contributed by atoms with Gasteiger partial charge in [-0.1, -0.05) is 25.5 Å². The second kappa shape index (κ2) is 8.13. The van der Waals surface area contributed by atoms with Crippen LogP contribution >= 0.6 is 12.4 Å². The predicted octanol–water partition coefficient (Wildman–Crippen LogP) is 2.61. The molecule has 0 bridgehead atoms. The van der Waals surface area contributed by atoms with Gasteiger partial charge >= 0.3 is 0 Å². The molecule has 2 rings (SSSR count). The lowest BCUT2D eigenvalue weighted by Gasteiger charge is -2.26. The molecule has 0 unspecified atom stereocenters. The van der Waals surface area contributed by atoms with Crippen molar-refractivity contribution in [3.05, 3.63) is 29.8 Å². The number of halogens is 1. The Bertz CT molecular complexity index is 523. The third-order valence-corrected chi connectivity index (χ3v) is 5.40. The maximum atomic E-state index is 12.3. The number of rotatable bonds is 5. The molecule has 0 saturated heterocycles. The number of hydrogen-bond acceptors (Lipinski definition) is 3. The van der Waals surface area contributed by atoms with Gasteiger partial charge in [-0.05, 0) is 49.8 Å². The molecule has 1 aromatic carbocycles. The summed E-state index contributed by atoms with van der Waals surface area (Å²) < 4.78 is 27.4. The van der Waals surface area contributed by atoms with Gasteiger partial charge in [-0.25, -0.2) is 13.1 Å². The summed E-state index contributed by atoms with van der Waals surface area (Å²) in [7, 11) is -3.40. The standard InChI is InChI=1S/C15H24N2O2S.ClH/c1-2-3-12-4-10-15(11-5-12)20(18,19)17-14-8-6-13(16)7-9-14;/h4-5,10-11,13-14,17H,2-3,6-9,16H2,1H3;1H. The Kier molecular flexibility index (Phi) is 7.13. The van der Waals surface area contributed by atoms with Crippen LogP contribution in [0.2, 0.25) is 0 Å². The number of aryl methyl sites for hydroxylation is 1.